The average molecular weight is 417 g/mol. The van der Waals surface area contributed by atoms with Gasteiger partial charge in [0.1, 0.15) is 11.9 Å². The molecule has 1 fully saturated rings. The minimum atomic E-state index is -0.522. The van der Waals surface area contributed by atoms with Crippen molar-refractivity contribution in [2.45, 2.75) is 19.6 Å². The number of anilines is 2. The summed E-state index contributed by atoms with van der Waals surface area (Å²) in [6.45, 7) is 5.82. The van der Waals surface area contributed by atoms with Gasteiger partial charge in [0, 0.05) is 59.2 Å². The van der Waals surface area contributed by atoms with Crippen molar-refractivity contribution in [3.8, 4) is 0 Å². The molecule has 0 radical (unpaired) electrons. The van der Waals surface area contributed by atoms with Crippen LogP contribution in [0.4, 0.5) is 11.6 Å². The van der Waals surface area contributed by atoms with E-state index in [0.717, 1.165) is 37.8 Å². The molecule has 4 N–H and O–H groups in total. The van der Waals surface area contributed by atoms with Crippen LogP contribution in [0, 0.1) is 5.41 Å². The number of hydrogen-bond donors (Lipinski definition) is 3. The predicted octanol–water partition coefficient (Wildman–Crippen LogP) is 1.09. The lowest BCUT2D eigenvalue weighted by Crippen LogP contribution is -2.50. The van der Waals surface area contributed by atoms with Gasteiger partial charge in [-0.15, -0.1) is 0 Å². The van der Waals surface area contributed by atoms with Crippen molar-refractivity contribution in [2.24, 2.45) is 5.73 Å². The van der Waals surface area contributed by atoms with E-state index in [1.807, 2.05) is 28.0 Å². The molecule has 1 saturated heterocycles. The number of hydrogen-bond acceptors (Lipinski definition) is 8. The molecule has 2 aromatic rings. The first-order valence-electron chi connectivity index (χ1n) is 9.51. The molecule has 2 aliphatic rings. The van der Waals surface area contributed by atoms with Crippen LogP contribution in [0.25, 0.3) is 0 Å². The fourth-order valence-electron chi connectivity index (χ4n) is 3.30. The van der Waals surface area contributed by atoms with Crippen LogP contribution in [-0.2, 0) is 0 Å². The summed E-state index contributed by atoms with van der Waals surface area (Å²) in [5.74, 6) is 0.778. The van der Waals surface area contributed by atoms with Crippen LogP contribution in [0.5, 0.6) is 0 Å². The zero-order valence-corrected chi connectivity index (χ0v) is 17.2. The third kappa shape index (κ3) is 5.15. The molecule has 0 aromatic carbocycles. The molecule has 4 heterocycles. The molecule has 9 nitrogen and oxygen atoms in total. The molecule has 2 aliphatic heterocycles. The quantitative estimate of drug-likeness (QED) is 0.618. The van der Waals surface area contributed by atoms with E-state index in [9.17, 15) is 5.11 Å². The summed E-state index contributed by atoms with van der Waals surface area (Å²) in [4.78, 5) is 18.6. The first-order valence-corrected chi connectivity index (χ1v) is 9.92. The fourth-order valence-corrected chi connectivity index (χ4v) is 3.48. The van der Waals surface area contributed by atoms with E-state index >= 15 is 0 Å². The summed E-state index contributed by atoms with van der Waals surface area (Å²) in [7, 11) is 0. The van der Waals surface area contributed by atoms with Crippen LogP contribution >= 0.6 is 12.2 Å². The number of pyridine rings is 1. The number of thiocarbonyl (C=S) groups is 1. The van der Waals surface area contributed by atoms with Gasteiger partial charge in [0.25, 0.3) is 0 Å². The van der Waals surface area contributed by atoms with Crippen molar-refractivity contribution in [1.29, 1.82) is 5.41 Å². The minimum Gasteiger partial charge on any atom is -0.376 e. The lowest BCUT2D eigenvalue weighted by molar-refractivity contribution is 0.188. The van der Waals surface area contributed by atoms with Gasteiger partial charge in [-0.2, -0.15) is 0 Å². The number of aliphatic hydroxyl groups is 1. The van der Waals surface area contributed by atoms with E-state index in [-0.39, 0.29) is 1.43 Å². The molecular weight excluding hydrogens is 388 g/mol. The van der Waals surface area contributed by atoms with Crippen LogP contribution in [0.1, 0.15) is 20.5 Å². The number of fused-ring (bicyclic) bond motifs is 1. The average Bonchev–Trinajstić information content (AvgIpc) is 2.75. The van der Waals surface area contributed by atoms with Crippen LogP contribution in [-0.4, -0.2) is 74.7 Å². The summed E-state index contributed by atoms with van der Waals surface area (Å²) in [5.41, 5.74) is 7.67. The van der Waals surface area contributed by atoms with Crippen LogP contribution < -0.4 is 15.5 Å². The molecule has 29 heavy (non-hydrogen) atoms. The van der Waals surface area contributed by atoms with Crippen LogP contribution in [0.2, 0.25) is 0 Å². The van der Waals surface area contributed by atoms with Gasteiger partial charge in [0.15, 0.2) is 5.11 Å². The molecule has 0 aliphatic carbocycles. The Labute approximate surface area is 177 Å². The van der Waals surface area contributed by atoms with Crippen molar-refractivity contribution in [3.63, 3.8) is 0 Å². The number of nitrogens with two attached hydrogens (primary N) is 1. The van der Waals surface area contributed by atoms with Crippen molar-refractivity contribution in [2.75, 3.05) is 42.5 Å². The summed E-state index contributed by atoms with van der Waals surface area (Å²) in [6.07, 6.45) is 5.31. The smallest absolute Gasteiger partial charge is 0.225 e. The van der Waals surface area contributed by atoms with E-state index in [1.54, 1.807) is 25.5 Å². The van der Waals surface area contributed by atoms with Gasteiger partial charge < -0.3 is 30.9 Å². The lowest BCUT2D eigenvalue weighted by Gasteiger charge is -2.34. The highest BCUT2D eigenvalue weighted by Crippen LogP contribution is 2.25. The Morgan fingerprint density at radius 1 is 1.14 bits per heavy atom. The highest BCUT2D eigenvalue weighted by atomic mass is 32.1. The maximum atomic E-state index is 9.54. The molecule has 4 rings (SSSR count). The number of nitrogens with zero attached hydrogens (tertiary/aromatic N) is 6. The number of aliphatic hydroxyl groups excluding tert-OH is 1. The number of rotatable bonds is 2. The number of aromatic nitrogens is 3. The number of nitrogens with one attached hydrogen (secondary N) is 1. The van der Waals surface area contributed by atoms with Crippen molar-refractivity contribution >= 4 is 34.7 Å². The molecule has 0 amide bonds. The minimum absolute atomic E-state index is 0. The largest absolute Gasteiger partial charge is 0.376 e. The maximum Gasteiger partial charge on any atom is 0.225 e. The zero-order valence-electron chi connectivity index (χ0n) is 16.4. The highest BCUT2D eigenvalue weighted by Gasteiger charge is 2.23. The first kappa shape index (κ1) is 20.9. The number of piperazine rings is 1. The summed E-state index contributed by atoms with van der Waals surface area (Å²) in [5, 5.41) is 17.7. The molecular formula is C19H28N8OS. The van der Waals surface area contributed by atoms with Crippen LogP contribution in [0.3, 0.4) is 0 Å². The van der Waals surface area contributed by atoms with Gasteiger partial charge in [0.05, 0.1) is 11.4 Å². The Hall–Kier alpha value is -2.85. The Morgan fingerprint density at radius 3 is 2.41 bits per heavy atom. The second kappa shape index (κ2) is 9.57. The fraction of sp³-hybridized carbons (Fsp3) is 0.421. The van der Waals surface area contributed by atoms with Gasteiger partial charge in [-0.25, -0.2) is 9.97 Å². The summed E-state index contributed by atoms with van der Waals surface area (Å²) >= 11 is 4.92. The SMILES string of the molecule is CC(O)N1CCC(=N)c2ncccc21.NC(=S)N1CCN(c2ncccn2)CC1.[HH]. The molecule has 2 aromatic heterocycles. The van der Waals surface area contributed by atoms with Gasteiger partial charge in [-0.3, -0.25) is 4.98 Å². The molecule has 1 unspecified atom stereocenters. The first-order chi connectivity index (χ1) is 14.0. The Balaban J connectivity index is 0.000000207. The standard InChI is InChI=1S/C10H13N3O.C9H13N5S.H2/c1-7(14)13-6-4-8(11)10-9(13)3-2-5-12-10;10-8(15)13-4-6-14(7-5-13)9-11-2-1-3-12-9;/h2-3,5,7,11,14H,4,6H2,1H3;1-3H,4-7H2,(H2,10,15);1H. The van der Waals surface area contributed by atoms with E-state index in [4.69, 9.17) is 23.4 Å². The topological polar surface area (TPSA) is 118 Å². The molecule has 0 bridgehead atoms. The molecule has 0 saturated carbocycles. The molecule has 1 atom stereocenters. The second-order valence-electron chi connectivity index (χ2n) is 6.79. The summed E-state index contributed by atoms with van der Waals surface area (Å²) < 4.78 is 0. The van der Waals surface area contributed by atoms with E-state index < -0.39 is 6.23 Å². The van der Waals surface area contributed by atoms with Crippen molar-refractivity contribution < 1.29 is 6.53 Å². The Morgan fingerprint density at radius 2 is 1.79 bits per heavy atom. The molecule has 10 heteroatoms. The van der Waals surface area contributed by atoms with E-state index in [0.29, 0.717) is 29.5 Å². The predicted molar refractivity (Wildman–Crippen MR) is 119 cm³/mol. The zero-order chi connectivity index (χ0) is 20.8. The summed E-state index contributed by atoms with van der Waals surface area (Å²) in [6, 6.07) is 5.53. The third-order valence-electron chi connectivity index (χ3n) is 4.86. The van der Waals surface area contributed by atoms with E-state index in [2.05, 4.69) is 19.9 Å². The Bertz CT molecular complexity index is 845. The third-order valence-corrected chi connectivity index (χ3v) is 5.12. The highest BCUT2D eigenvalue weighted by molar-refractivity contribution is 7.80. The van der Waals surface area contributed by atoms with Crippen molar-refractivity contribution in [3.05, 3.63) is 42.5 Å². The normalized spacial score (nSPS) is 17.2. The van der Waals surface area contributed by atoms with Gasteiger partial charge in [0.2, 0.25) is 5.95 Å². The lowest BCUT2D eigenvalue weighted by atomic mass is 10.1. The van der Waals surface area contributed by atoms with E-state index in [1.165, 1.54) is 0 Å². The van der Waals surface area contributed by atoms with Gasteiger partial charge in [-0.05, 0) is 37.3 Å². The monoisotopic (exact) mass is 416 g/mol. The van der Waals surface area contributed by atoms with Crippen molar-refractivity contribution in [1.82, 2.24) is 19.9 Å². The van der Waals surface area contributed by atoms with Gasteiger partial charge in [-0.1, -0.05) is 0 Å². The second-order valence-corrected chi connectivity index (χ2v) is 7.20. The van der Waals surface area contributed by atoms with Gasteiger partial charge >= 0.3 is 0 Å². The molecule has 0 spiro atoms. The molecule has 156 valence electrons. The van der Waals surface area contributed by atoms with Crippen LogP contribution in [0.15, 0.2) is 36.8 Å². The maximum absolute atomic E-state index is 9.54. The Kier molecular flexibility index (Phi) is 6.89.